The summed E-state index contributed by atoms with van der Waals surface area (Å²) >= 11 is 0. The Morgan fingerprint density at radius 3 is 2.58 bits per heavy atom. The summed E-state index contributed by atoms with van der Waals surface area (Å²) in [4.78, 5) is 33.0. The lowest BCUT2D eigenvalue weighted by Gasteiger charge is -2.05. The van der Waals surface area contributed by atoms with Crippen molar-refractivity contribution in [3.8, 4) is 0 Å². The second-order valence-electron chi connectivity index (χ2n) is 4.62. The lowest BCUT2D eigenvalue weighted by molar-refractivity contribution is -0.144. The fraction of sp³-hybridized carbons (Fsp3) is 0.643. The van der Waals surface area contributed by atoms with E-state index in [-0.39, 0.29) is 30.2 Å². The Balaban J connectivity index is 2.19. The molecule has 1 unspecified atom stereocenters. The molecule has 0 aromatic rings. The maximum absolute atomic E-state index is 11.6. The van der Waals surface area contributed by atoms with Crippen molar-refractivity contribution in [1.29, 1.82) is 0 Å². The molecule has 0 amide bonds. The van der Waals surface area contributed by atoms with Crippen LogP contribution < -0.4 is 0 Å². The Bertz CT molecular complexity index is 383. The molecule has 0 spiro atoms. The zero-order chi connectivity index (χ0) is 14.3. The first kappa shape index (κ1) is 15.4. The van der Waals surface area contributed by atoms with E-state index < -0.39 is 0 Å². The van der Waals surface area contributed by atoms with Crippen LogP contribution in [0.2, 0.25) is 0 Å². The molecule has 1 aliphatic rings. The van der Waals surface area contributed by atoms with Gasteiger partial charge in [0.25, 0.3) is 0 Å². The third-order valence-electron chi connectivity index (χ3n) is 2.84. The molecule has 0 saturated carbocycles. The van der Waals surface area contributed by atoms with Gasteiger partial charge in [-0.3, -0.25) is 14.4 Å². The van der Waals surface area contributed by atoms with Gasteiger partial charge in [-0.2, -0.15) is 0 Å². The number of hydrogen-bond donors (Lipinski definition) is 0. The van der Waals surface area contributed by atoms with Crippen LogP contribution in [-0.4, -0.2) is 30.4 Å². The fourth-order valence-electron chi connectivity index (χ4n) is 2.01. The highest BCUT2D eigenvalue weighted by Crippen LogP contribution is 2.22. The van der Waals surface area contributed by atoms with E-state index in [4.69, 9.17) is 9.47 Å². The topological polar surface area (TPSA) is 69.7 Å². The second kappa shape index (κ2) is 7.71. The number of allylic oxidation sites excluding steroid dienone is 1. The summed E-state index contributed by atoms with van der Waals surface area (Å²) in [5.41, 5.74) is 0.749. The van der Waals surface area contributed by atoms with Gasteiger partial charge in [0.15, 0.2) is 5.78 Å². The highest BCUT2D eigenvalue weighted by molar-refractivity contribution is 5.98. The SMILES string of the molecule is CC(=O)OCCCCCC1=CC(OC(C)=O)CC1=O. The molecule has 0 N–H and O–H groups in total. The average molecular weight is 268 g/mol. The van der Waals surface area contributed by atoms with E-state index in [1.807, 2.05) is 0 Å². The molecule has 0 aromatic heterocycles. The third-order valence-corrected chi connectivity index (χ3v) is 2.84. The molecule has 106 valence electrons. The minimum absolute atomic E-state index is 0.0613. The van der Waals surface area contributed by atoms with Crippen molar-refractivity contribution in [3.05, 3.63) is 11.6 Å². The summed E-state index contributed by atoms with van der Waals surface area (Å²) in [6.07, 6.45) is 4.88. The highest BCUT2D eigenvalue weighted by Gasteiger charge is 2.25. The Morgan fingerprint density at radius 1 is 1.21 bits per heavy atom. The Kier molecular flexibility index (Phi) is 6.25. The molecule has 0 aromatic carbocycles. The zero-order valence-electron chi connectivity index (χ0n) is 11.4. The largest absolute Gasteiger partial charge is 0.466 e. The van der Waals surface area contributed by atoms with Crippen molar-refractivity contribution >= 4 is 17.7 Å². The second-order valence-corrected chi connectivity index (χ2v) is 4.62. The van der Waals surface area contributed by atoms with Crippen LogP contribution in [0.4, 0.5) is 0 Å². The highest BCUT2D eigenvalue weighted by atomic mass is 16.5. The number of unbranched alkanes of at least 4 members (excludes halogenated alkanes) is 2. The predicted molar refractivity (Wildman–Crippen MR) is 68.4 cm³/mol. The van der Waals surface area contributed by atoms with Crippen LogP contribution in [0.3, 0.4) is 0 Å². The van der Waals surface area contributed by atoms with E-state index in [0.29, 0.717) is 13.0 Å². The molecule has 5 heteroatoms. The van der Waals surface area contributed by atoms with E-state index in [2.05, 4.69) is 0 Å². The van der Waals surface area contributed by atoms with Gasteiger partial charge in [0.1, 0.15) is 6.10 Å². The molecule has 1 aliphatic carbocycles. The van der Waals surface area contributed by atoms with Crippen LogP contribution in [0.1, 0.15) is 46.0 Å². The molecule has 1 atom stereocenters. The Labute approximate surface area is 112 Å². The van der Waals surface area contributed by atoms with Crippen molar-refractivity contribution in [3.63, 3.8) is 0 Å². The smallest absolute Gasteiger partial charge is 0.303 e. The van der Waals surface area contributed by atoms with Crippen LogP contribution in [0.25, 0.3) is 0 Å². The molecule has 1 rings (SSSR count). The van der Waals surface area contributed by atoms with Crippen LogP contribution in [0, 0.1) is 0 Å². The van der Waals surface area contributed by atoms with Gasteiger partial charge >= 0.3 is 11.9 Å². The van der Waals surface area contributed by atoms with Crippen LogP contribution >= 0.6 is 0 Å². The van der Waals surface area contributed by atoms with E-state index >= 15 is 0 Å². The molecule has 5 nitrogen and oxygen atoms in total. The van der Waals surface area contributed by atoms with Crippen molar-refractivity contribution in [1.82, 2.24) is 0 Å². The number of rotatable bonds is 7. The Hall–Kier alpha value is -1.65. The fourth-order valence-corrected chi connectivity index (χ4v) is 2.01. The molecule has 0 radical (unpaired) electrons. The number of ether oxygens (including phenoxy) is 2. The predicted octanol–water partition coefficient (Wildman–Crippen LogP) is 1.94. The van der Waals surface area contributed by atoms with E-state index in [0.717, 1.165) is 24.8 Å². The quantitative estimate of drug-likeness (QED) is 0.521. The molecule has 19 heavy (non-hydrogen) atoms. The van der Waals surface area contributed by atoms with E-state index in [9.17, 15) is 14.4 Å². The number of Topliss-reactive ketones (excluding diaryl/α,β-unsaturated/α-hetero) is 1. The summed E-state index contributed by atoms with van der Waals surface area (Å²) in [7, 11) is 0. The van der Waals surface area contributed by atoms with E-state index in [1.54, 1.807) is 6.08 Å². The minimum atomic E-state index is -0.388. The third kappa shape index (κ3) is 6.18. The maximum Gasteiger partial charge on any atom is 0.303 e. The normalized spacial score (nSPS) is 18.1. The van der Waals surface area contributed by atoms with Gasteiger partial charge < -0.3 is 9.47 Å². The van der Waals surface area contributed by atoms with Crippen LogP contribution in [-0.2, 0) is 23.9 Å². The van der Waals surface area contributed by atoms with Gasteiger partial charge in [0.2, 0.25) is 0 Å². The van der Waals surface area contributed by atoms with Gasteiger partial charge in [-0.25, -0.2) is 0 Å². The maximum atomic E-state index is 11.6. The average Bonchev–Trinajstić information content (AvgIpc) is 2.62. The molecule has 0 aliphatic heterocycles. The number of hydrogen-bond acceptors (Lipinski definition) is 5. The Morgan fingerprint density at radius 2 is 1.95 bits per heavy atom. The summed E-state index contributed by atoms with van der Waals surface area (Å²) in [5, 5.41) is 0. The first-order chi connectivity index (χ1) is 8.99. The lowest BCUT2D eigenvalue weighted by atomic mass is 10.1. The minimum Gasteiger partial charge on any atom is -0.466 e. The van der Waals surface area contributed by atoms with Crippen molar-refractivity contribution in [2.75, 3.05) is 6.61 Å². The van der Waals surface area contributed by atoms with Gasteiger partial charge in [-0.15, -0.1) is 0 Å². The standard InChI is InChI=1S/C14H20O5/c1-10(15)18-7-5-3-4-6-12-8-13(9-14(12)17)19-11(2)16/h8,13H,3-7,9H2,1-2H3. The number of carbonyl (C=O) groups excluding carboxylic acids is 3. The molecular weight excluding hydrogens is 248 g/mol. The van der Waals surface area contributed by atoms with Crippen molar-refractivity contribution in [2.45, 2.75) is 52.1 Å². The first-order valence-corrected chi connectivity index (χ1v) is 6.53. The molecule has 0 heterocycles. The van der Waals surface area contributed by atoms with Gasteiger partial charge in [0, 0.05) is 13.8 Å². The molecule has 0 saturated heterocycles. The van der Waals surface area contributed by atoms with E-state index in [1.165, 1.54) is 13.8 Å². The van der Waals surface area contributed by atoms with Crippen molar-refractivity contribution < 1.29 is 23.9 Å². The molecule has 0 fully saturated rings. The van der Waals surface area contributed by atoms with Gasteiger partial charge in [-0.05, 0) is 37.3 Å². The van der Waals surface area contributed by atoms with Crippen LogP contribution in [0.5, 0.6) is 0 Å². The van der Waals surface area contributed by atoms with Crippen molar-refractivity contribution in [2.24, 2.45) is 0 Å². The lowest BCUT2D eigenvalue weighted by Crippen LogP contribution is -2.12. The zero-order valence-corrected chi connectivity index (χ0v) is 11.4. The summed E-state index contributed by atoms with van der Waals surface area (Å²) in [5.74, 6) is -0.569. The number of ketones is 1. The summed E-state index contributed by atoms with van der Waals surface area (Å²) in [6, 6.07) is 0. The molecule has 0 bridgehead atoms. The number of carbonyl (C=O) groups is 3. The van der Waals surface area contributed by atoms with Crippen LogP contribution in [0.15, 0.2) is 11.6 Å². The van der Waals surface area contributed by atoms with Gasteiger partial charge in [0.05, 0.1) is 13.0 Å². The summed E-state index contributed by atoms with van der Waals surface area (Å²) < 4.78 is 9.81. The molecular formula is C14H20O5. The number of esters is 2. The monoisotopic (exact) mass is 268 g/mol. The summed E-state index contributed by atoms with van der Waals surface area (Å²) in [6.45, 7) is 3.15. The van der Waals surface area contributed by atoms with Gasteiger partial charge in [-0.1, -0.05) is 0 Å². The first-order valence-electron chi connectivity index (χ1n) is 6.53.